The standard InChI is InChI=1S/C20H14BrNO2S/c21-18-10-14-20(15-11-18)25(23,24)22-19-12-8-17(9-13-19)7-6-16-4-2-1-3-5-16/h1-5,8-15,22H. The van der Waals surface area contributed by atoms with Gasteiger partial charge in [-0.05, 0) is 60.7 Å². The summed E-state index contributed by atoms with van der Waals surface area (Å²) in [5.41, 5.74) is 2.24. The molecule has 3 rings (SSSR count). The Morgan fingerprint density at radius 1 is 0.720 bits per heavy atom. The highest BCUT2D eigenvalue weighted by atomic mass is 79.9. The molecule has 0 saturated carbocycles. The van der Waals surface area contributed by atoms with Crippen LogP contribution in [-0.4, -0.2) is 8.42 Å². The van der Waals surface area contributed by atoms with E-state index in [2.05, 4.69) is 32.5 Å². The molecule has 0 unspecified atom stereocenters. The van der Waals surface area contributed by atoms with Crippen molar-refractivity contribution in [2.24, 2.45) is 0 Å². The Bertz CT molecular complexity index is 1020. The summed E-state index contributed by atoms with van der Waals surface area (Å²) in [5, 5.41) is 0. The van der Waals surface area contributed by atoms with Gasteiger partial charge in [-0.2, -0.15) is 0 Å². The molecule has 0 radical (unpaired) electrons. The lowest BCUT2D eigenvalue weighted by Gasteiger charge is -2.08. The number of hydrogen-bond donors (Lipinski definition) is 1. The second-order valence-corrected chi connectivity index (χ2v) is 7.85. The highest BCUT2D eigenvalue weighted by molar-refractivity contribution is 9.10. The molecule has 3 aromatic carbocycles. The quantitative estimate of drug-likeness (QED) is 0.637. The molecule has 3 nitrogen and oxygen atoms in total. The molecule has 0 saturated heterocycles. The zero-order chi connectivity index (χ0) is 17.7. The molecule has 5 heteroatoms. The van der Waals surface area contributed by atoms with Crippen molar-refractivity contribution in [1.29, 1.82) is 0 Å². The van der Waals surface area contributed by atoms with Crippen LogP contribution in [0.5, 0.6) is 0 Å². The van der Waals surface area contributed by atoms with Gasteiger partial charge in [-0.15, -0.1) is 0 Å². The highest BCUT2D eigenvalue weighted by Gasteiger charge is 2.13. The minimum Gasteiger partial charge on any atom is -0.280 e. The summed E-state index contributed by atoms with van der Waals surface area (Å²) in [5.74, 6) is 6.12. The minimum atomic E-state index is -3.61. The van der Waals surface area contributed by atoms with Gasteiger partial charge >= 0.3 is 0 Å². The lowest BCUT2D eigenvalue weighted by molar-refractivity contribution is 0.601. The first-order chi connectivity index (χ1) is 12.0. The van der Waals surface area contributed by atoms with E-state index in [9.17, 15) is 8.42 Å². The van der Waals surface area contributed by atoms with Crippen LogP contribution in [0.4, 0.5) is 5.69 Å². The van der Waals surface area contributed by atoms with Crippen molar-refractivity contribution in [3.05, 3.63) is 94.5 Å². The lowest BCUT2D eigenvalue weighted by Crippen LogP contribution is -2.12. The van der Waals surface area contributed by atoms with Gasteiger partial charge in [0.1, 0.15) is 0 Å². The Hall–Kier alpha value is -2.55. The molecule has 0 spiro atoms. The van der Waals surface area contributed by atoms with Crippen LogP contribution in [-0.2, 0) is 10.0 Å². The Morgan fingerprint density at radius 2 is 1.28 bits per heavy atom. The van der Waals surface area contributed by atoms with Gasteiger partial charge in [0.25, 0.3) is 10.0 Å². The summed E-state index contributed by atoms with van der Waals surface area (Å²) in [6.45, 7) is 0. The summed E-state index contributed by atoms with van der Waals surface area (Å²) in [6.07, 6.45) is 0. The zero-order valence-electron chi connectivity index (χ0n) is 13.1. The summed E-state index contributed by atoms with van der Waals surface area (Å²) in [4.78, 5) is 0.212. The summed E-state index contributed by atoms with van der Waals surface area (Å²) < 4.78 is 28.1. The number of halogens is 1. The van der Waals surface area contributed by atoms with Gasteiger partial charge in [0, 0.05) is 21.3 Å². The molecule has 0 amide bonds. The Kier molecular flexibility index (Phi) is 5.22. The third-order valence-electron chi connectivity index (χ3n) is 3.39. The fraction of sp³-hybridized carbons (Fsp3) is 0. The number of hydrogen-bond acceptors (Lipinski definition) is 2. The van der Waals surface area contributed by atoms with Crippen molar-refractivity contribution >= 4 is 31.6 Å². The van der Waals surface area contributed by atoms with Crippen LogP contribution in [0.25, 0.3) is 0 Å². The van der Waals surface area contributed by atoms with E-state index in [1.165, 1.54) is 0 Å². The first kappa shape index (κ1) is 17.3. The summed E-state index contributed by atoms with van der Waals surface area (Å²) >= 11 is 3.29. The van der Waals surface area contributed by atoms with E-state index in [1.54, 1.807) is 48.5 Å². The van der Waals surface area contributed by atoms with Crippen LogP contribution in [0.2, 0.25) is 0 Å². The van der Waals surface area contributed by atoms with E-state index < -0.39 is 10.0 Å². The van der Waals surface area contributed by atoms with Gasteiger partial charge in [-0.25, -0.2) is 8.42 Å². The molecule has 0 aliphatic heterocycles. The first-order valence-corrected chi connectivity index (χ1v) is 9.76. The highest BCUT2D eigenvalue weighted by Crippen LogP contribution is 2.18. The van der Waals surface area contributed by atoms with E-state index in [4.69, 9.17) is 0 Å². The fourth-order valence-corrected chi connectivity index (χ4v) is 3.44. The molecule has 25 heavy (non-hydrogen) atoms. The predicted octanol–water partition coefficient (Wildman–Crippen LogP) is 4.65. The largest absolute Gasteiger partial charge is 0.280 e. The third-order valence-corrected chi connectivity index (χ3v) is 5.31. The molecule has 0 heterocycles. The van der Waals surface area contributed by atoms with Gasteiger partial charge in [0.15, 0.2) is 0 Å². The van der Waals surface area contributed by atoms with Crippen LogP contribution in [0, 0.1) is 11.8 Å². The molecule has 0 atom stereocenters. The van der Waals surface area contributed by atoms with Gasteiger partial charge in [0.05, 0.1) is 4.90 Å². The molecule has 0 aliphatic carbocycles. The van der Waals surface area contributed by atoms with Crippen molar-refractivity contribution in [3.63, 3.8) is 0 Å². The van der Waals surface area contributed by atoms with Crippen molar-refractivity contribution in [3.8, 4) is 11.8 Å². The van der Waals surface area contributed by atoms with Crippen LogP contribution in [0.15, 0.2) is 88.2 Å². The topological polar surface area (TPSA) is 46.2 Å². The molecular weight excluding hydrogens is 398 g/mol. The van der Waals surface area contributed by atoms with Crippen molar-refractivity contribution in [1.82, 2.24) is 0 Å². The van der Waals surface area contributed by atoms with Gasteiger partial charge < -0.3 is 0 Å². The molecule has 0 bridgehead atoms. The number of sulfonamides is 1. The van der Waals surface area contributed by atoms with E-state index in [-0.39, 0.29) is 4.90 Å². The average Bonchev–Trinajstić information content (AvgIpc) is 2.62. The second kappa shape index (κ2) is 7.56. The van der Waals surface area contributed by atoms with Crippen molar-refractivity contribution in [2.45, 2.75) is 4.90 Å². The summed E-state index contributed by atoms with van der Waals surface area (Å²) in [6, 6.07) is 23.1. The maximum atomic E-state index is 12.4. The van der Waals surface area contributed by atoms with Crippen LogP contribution in [0.3, 0.4) is 0 Å². The van der Waals surface area contributed by atoms with E-state index >= 15 is 0 Å². The van der Waals surface area contributed by atoms with Crippen molar-refractivity contribution < 1.29 is 8.42 Å². The number of benzene rings is 3. The van der Waals surface area contributed by atoms with E-state index in [0.29, 0.717) is 5.69 Å². The normalized spacial score (nSPS) is 10.6. The van der Waals surface area contributed by atoms with Crippen LogP contribution < -0.4 is 4.72 Å². The molecule has 3 aromatic rings. The number of rotatable bonds is 3. The van der Waals surface area contributed by atoms with Gasteiger partial charge in [-0.1, -0.05) is 46.0 Å². The van der Waals surface area contributed by atoms with Gasteiger partial charge in [-0.3, -0.25) is 4.72 Å². The molecule has 0 aliphatic rings. The maximum Gasteiger partial charge on any atom is 0.261 e. The second-order valence-electron chi connectivity index (χ2n) is 5.25. The zero-order valence-corrected chi connectivity index (χ0v) is 15.5. The van der Waals surface area contributed by atoms with Gasteiger partial charge in [0.2, 0.25) is 0 Å². The molecule has 0 aromatic heterocycles. The molecule has 0 fully saturated rings. The fourth-order valence-electron chi connectivity index (χ4n) is 2.12. The van der Waals surface area contributed by atoms with E-state index in [1.807, 2.05) is 30.3 Å². The SMILES string of the molecule is O=S(=O)(Nc1ccc(C#Cc2ccccc2)cc1)c1ccc(Br)cc1. The molecular formula is C20H14BrNO2S. The molecule has 124 valence electrons. The summed E-state index contributed by atoms with van der Waals surface area (Å²) in [7, 11) is -3.61. The first-order valence-electron chi connectivity index (χ1n) is 7.48. The molecule has 1 N–H and O–H groups in total. The number of anilines is 1. The number of nitrogens with one attached hydrogen (secondary N) is 1. The Balaban J connectivity index is 1.74. The van der Waals surface area contributed by atoms with E-state index in [0.717, 1.165) is 15.6 Å². The Labute approximate surface area is 155 Å². The lowest BCUT2D eigenvalue weighted by atomic mass is 10.2. The third kappa shape index (κ3) is 4.72. The van der Waals surface area contributed by atoms with Crippen LogP contribution in [0.1, 0.15) is 11.1 Å². The Morgan fingerprint density at radius 3 is 1.88 bits per heavy atom. The predicted molar refractivity (Wildman–Crippen MR) is 104 cm³/mol. The maximum absolute atomic E-state index is 12.4. The minimum absolute atomic E-state index is 0.212. The monoisotopic (exact) mass is 411 g/mol. The van der Waals surface area contributed by atoms with Crippen molar-refractivity contribution in [2.75, 3.05) is 4.72 Å². The van der Waals surface area contributed by atoms with Crippen LogP contribution >= 0.6 is 15.9 Å². The smallest absolute Gasteiger partial charge is 0.261 e. The average molecular weight is 412 g/mol.